The van der Waals surface area contributed by atoms with Crippen LogP contribution in [0.25, 0.3) is 0 Å². The van der Waals surface area contributed by atoms with Crippen LogP contribution in [0, 0.1) is 13.8 Å². The normalized spacial score (nSPS) is 11.4. The number of aliphatic hydroxyl groups is 1. The quantitative estimate of drug-likeness (QED) is 0.866. The molecular weight excluding hydrogens is 356 g/mol. The lowest BCUT2D eigenvalue weighted by Gasteiger charge is -2.10. The van der Waals surface area contributed by atoms with E-state index in [2.05, 4.69) is 25.6 Å². The highest BCUT2D eigenvalue weighted by molar-refractivity contribution is 9.10. The van der Waals surface area contributed by atoms with Crippen LogP contribution in [-0.2, 0) is 16.6 Å². The van der Waals surface area contributed by atoms with Gasteiger partial charge in [0.25, 0.3) is 10.0 Å². The summed E-state index contributed by atoms with van der Waals surface area (Å²) in [6, 6.07) is 6.27. The summed E-state index contributed by atoms with van der Waals surface area (Å²) in [5.74, 6) is 0.252. The molecule has 1 heterocycles. The first-order chi connectivity index (χ1) is 9.83. The number of pyridine rings is 1. The zero-order valence-corrected chi connectivity index (χ0v) is 14.0. The molecule has 0 fully saturated rings. The number of hydrogen-bond acceptors (Lipinski definition) is 4. The molecule has 1 aromatic heterocycles. The maximum Gasteiger partial charge on any atom is 0.263 e. The van der Waals surface area contributed by atoms with Gasteiger partial charge in [0.1, 0.15) is 5.82 Å². The Morgan fingerprint density at radius 1 is 1.24 bits per heavy atom. The number of hydrogen-bond donors (Lipinski definition) is 2. The summed E-state index contributed by atoms with van der Waals surface area (Å²) in [5, 5.41) is 9.23. The molecule has 1 aromatic carbocycles. The van der Waals surface area contributed by atoms with Crippen molar-refractivity contribution < 1.29 is 13.5 Å². The number of halogens is 1. The highest BCUT2D eigenvalue weighted by Crippen LogP contribution is 2.21. The summed E-state index contributed by atoms with van der Waals surface area (Å²) >= 11 is 3.31. The first kappa shape index (κ1) is 15.9. The van der Waals surface area contributed by atoms with E-state index in [0.717, 1.165) is 15.6 Å². The second kappa shape index (κ2) is 6.13. The van der Waals surface area contributed by atoms with E-state index in [-0.39, 0.29) is 17.3 Å². The predicted octanol–water partition coefficient (Wildman–Crippen LogP) is 2.75. The molecule has 0 aliphatic rings. The number of nitrogens with zero attached hydrogens (tertiary/aromatic N) is 1. The third kappa shape index (κ3) is 3.61. The van der Waals surface area contributed by atoms with Crippen molar-refractivity contribution in [2.45, 2.75) is 25.3 Å². The molecule has 0 aliphatic heterocycles. The number of benzene rings is 1. The van der Waals surface area contributed by atoms with Crippen LogP contribution in [0.15, 0.2) is 39.8 Å². The predicted molar refractivity (Wildman–Crippen MR) is 84.6 cm³/mol. The van der Waals surface area contributed by atoms with Gasteiger partial charge >= 0.3 is 0 Å². The highest BCUT2D eigenvalue weighted by atomic mass is 79.9. The minimum Gasteiger partial charge on any atom is -0.392 e. The first-order valence-electron chi connectivity index (χ1n) is 6.19. The van der Waals surface area contributed by atoms with Crippen LogP contribution in [0.5, 0.6) is 0 Å². The summed E-state index contributed by atoms with van der Waals surface area (Å²) in [6.07, 6.45) is 1.54. The number of aromatic nitrogens is 1. The molecule has 0 radical (unpaired) electrons. The fraction of sp³-hybridized carbons (Fsp3) is 0.214. The molecule has 2 rings (SSSR count). The summed E-state index contributed by atoms with van der Waals surface area (Å²) in [6.45, 7) is 3.46. The minimum absolute atomic E-state index is 0.0968. The van der Waals surface area contributed by atoms with E-state index in [0.29, 0.717) is 5.56 Å². The lowest BCUT2D eigenvalue weighted by molar-refractivity contribution is 0.281. The van der Waals surface area contributed by atoms with Gasteiger partial charge in [-0.25, -0.2) is 13.4 Å². The van der Waals surface area contributed by atoms with E-state index >= 15 is 0 Å². The van der Waals surface area contributed by atoms with E-state index in [1.54, 1.807) is 18.3 Å². The number of nitrogens with one attached hydrogen (secondary N) is 1. The molecule has 21 heavy (non-hydrogen) atoms. The Bertz CT molecular complexity index is 776. The molecular formula is C14H15BrN2O3S. The SMILES string of the molecule is Cc1cc(NS(=O)(=O)c2ccc(C)c(CO)c2)ncc1Br. The molecule has 0 aliphatic carbocycles. The summed E-state index contributed by atoms with van der Waals surface area (Å²) in [7, 11) is -3.73. The molecule has 0 spiro atoms. The van der Waals surface area contributed by atoms with Crippen molar-refractivity contribution in [2.75, 3.05) is 4.72 Å². The van der Waals surface area contributed by atoms with Crippen molar-refractivity contribution in [2.24, 2.45) is 0 Å². The summed E-state index contributed by atoms with van der Waals surface area (Å²) < 4.78 is 27.9. The Kier molecular flexibility index (Phi) is 4.65. The molecule has 0 saturated carbocycles. The Morgan fingerprint density at radius 3 is 2.57 bits per heavy atom. The van der Waals surface area contributed by atoms with Crippen LogP contribution < -0.4 is 4.72 Å². The average Bonchev–Trinajstić information content (AvgIpc) is 2.43. The lowest BCUT2D eigenvalue weighted by atomic mass is 10.1. The lowest BCUT2D eigenvalue weighted by Crippen LogP contribution is -2.14. The largest absolute Gasteiger partial charge is 0.392 e. The number of sulfonamides is 1. The molecule has 2 aromatic rings. The van der Waals surface area contributed by atoms with Crippen LogP contribution in [0.3, 0.4) is 0 Å². The van der Waals surface area contributed by atoms with Crippen LogP contribution in [0.2, 0.25) is 0 Å². The Labute approximate surface area is 132 Å². The summed E-state index contributed by atoms with van der Waals surface area (Å²) in [5.41, 5.74) is 2.30. The van der Waals surface area contributed by atoms with E-state index in [1.165, 1.54) is 12.1 Å². The molecule has 0 saturated heterocycles. The van der Waals surface area contributed by atoms with Gasteiger partial charge in [-0.15, -0.1) is 0 Å². The zero-order valence-electron chi connectivity index (χ0n) is 11.6. The van der Waals surface area contributed by atoms with Gasteiger partial charge < -0.3 is 5.11 Å². The number of aliphatic hydroxyl groups excluding tert-OH is 1. The van der Waals surface area contributed by atoms with Crippen LogP contribution >= 0.6 is 15.9 Å². The molecule has 0 unspecified atom stereocenters. The Hall–Kier alpha value is -1.44. The Balaban J connectivity index is 2.35. The Morgan fingerprint density at radius 2 is 1.95 bits per heavy atom. The fourth-order valence-electron chi connectivity index (χ4n) is 1.78. The first-order valence-corrected chi connectivity index (χ1v) is 8.46. The van der Waals surface area contributed by atoms with Crippen molar-refractivity contribution in [3.63, 3.8) is 0 Å². The molecule has 0 bridgehead atoms. The standard InChI is InChI=1S/C14H15BrN2O3S/c1-9-3-4-12(6-11(9)8-18)21(19,20)17-14-5-10(2)13(15)7-16-14/h3-7,18H,8H2,1-2H3,(H,16,17). The number of anilines is 1. The molecule has 0 amide bonds. The smallest absolute Gasteiger partial charge is 0.263 e. The topological polar surface area (TPSA) is 79.3 Å². The second-order valence-electron chi connectivity index (χ2n) is 4.67. The van der Waals surface area contributed by atoms with Crippen molar-refractivity contribution in [1.82, 2.24) is 4.98 Å². The molecule has 2 N–H and O–H groups in total. The number of aryl methyl sites for hydroxylation is 2. The monoisotopic (exact) mass is 370 g/mol. The maximum absolute atomic E-state index is 12.3. The number of rotatable bonds is 4. The van der Waals surface area contributed by atoms with Gasteiger partial charge in [-0.3, -0.25) is 4.72 Å². The maximum atomic E-state index is 12.3. The van der Waals surface area contributed by atoms with Gasteiger partial charge in [-0.05, 0) is 64.7 Å². The molecule has 112 valence electrons. The van der Waals surface area contributed by atoms with Gasteiger partial charge in [0.15, 0.2) is 0 Å². The molecule has 7 heteroatoms. The molecule has 5 nitrogen and oxygen atoms in total. The van der Waals surface area contributed by atoms with Gasteiger partial charge in [0.2, 0.25) is 0 Å². The summed E-state index contributed by atoms with van der Waals surface area (Å²) in [4.78, 5) is 4.12. The van der Waals surface area contributed by atoms with Crippen LogP contribution in [-0.4, -0.2) is 18.5 Å². The second-order valence-corrected chi connectivity index (χ2v) is 7.21. The van der Waals surface area contributed by atoms with Gasteiger partial charge in [0.05, 0.1) is 11.5 Å². The van der Waals surface area contributed by atoms with Gasteiger partial charge in [-0.1, -0.05) is 6.07 Å². The van der Waals surface area contributed by atoms with E-state index < -0.39 is 10.0 Å². The minimum atomic E-state index is -3.73. The fourth-order valence-corrected chi connectivity index (χ4v) is 3.04. The highest BCUT2D eigenvalue weighted by Gasteiger charge is 2.16. The van der Waals surface area contributed by atoms with E-state index in [1.807, 2.05) is 13.8 Å². The zero-order chi connectivity index (χ0) is 15.6. The van der Waals surface area contributed by atoms with Gasteiger partial charge in [0, 0.05) is 10.7 Å². The van der Waals surface area contributed by atoms with Crippen LogP contribution in [0.4, 0.5) is 5.82 Å². The van der Waals surface area contributed by atoms with Crippen molar-refractivity contribution in [3.05, 3.63) is 51.6 Å². The van der Waals surface area contributed by atoms with Crippen molar-refractivity contribution in [1.29, 1.82) is 0 Å². The molecule has 0 atom stereocenters. The van der Waals surface area contributed by atoms with E-state index in [9.17, 15) is 13.5 Å². The average molecular weight is 371 g/mol. The van der Waals surface area contributed by atoms with Crippen LogP contribution in [0.1, 0.15) is 16.7 Å². The third-order valence-corrected chi connectivity index (χ3v) is 5.27. The van der Waals surface area contributed by atoms with Crippen molar-refractivity contribution in [3.8, 4) is 0 Å². The van der Waals surface area contributed by atoms with E-state index in [4.69, 9.17) is 0 Å². The van der Waals surface area contributed by atoms with Crippen molar-refractivity contribution >= 4 is 31.8 Å². The third-order valence-electron chi connectivity index (χ3n) is 3.09. The van der Waals surface area contributed by atoms with Gasteiger partial charge in [-0.2, -0.15) is 0 Å².